The number of carbonyl (C=O) groups excluding carboxylic acids is 3. The summed E-state index contributed by atoms with van der Waals surface area (Å²) >= 11 is 0. The van der Waals surface area contributed by atoms with Gasteiger partial charge in [0, 0.05) is 6.42 Å². The number of carbonyl (C=O) groups is 3. The van der Waals surface area contributed by atoms with Gasteiger partial charge in [-0.3, -0.25) is 9.59 Å². The Hall–Kier alpha value is -3.15. The van der Waals surface area contributed by atoms with Gasteiger partial charge in [-0.1, -0.05) is 60.7 Å². The van der Waals surface area contributed by atoms with Gasteiger partial charge in [0.25, 0.3) is 0 Å². The topological polar surface area (TPSA) is 78.9 Å². The van der Waals surface area contributed by atoms with Crippen molar-refractivity contribution < 1.29 is 28.6 Å². The maximum absolute atomic E-state index is 13.9. The first-order chi connectivity index (χ1) is 14.5. The Labute approximate surface area is 182 Å². The molecule has 0 amide bonds. The second-order valence-corrected chi connectivity index (χ2v) is 8.97. The van der Waals surface area contributed by atoms with E-state index in [4.69, 9.17) is 14.2 Å². The maximum atomic E-state index is 13.9. The van der Waals surface area contributed by atoms with Crippen LogP contribution in [0.3, 0.4) is 0 Å². The third kappa shape index (κ3) is 4.20. The van der Waals surface area contributed by atoms with Gasteiger partial charge in [-0.15, -0.1) is 0 Å². The molecule has 1 aromatic carbocycles. The number of esters is 1. The molecule has 6 nitrogen and oxygen atoms in total. The molecule has 6 heteroatoms. The van der Waals surface area contributed by atoms with Gasteiger partial charge < -0.3 is 14.2 Å². The Morgan fingerprint density at radius 1 is 1.10 bits per heavy atom. The monoisotopic (exact) mass is 424 g/mol. The van der Waals surface area contributed by atoms with Crippen LogP contribution >= 0.6 is 0 Å². The summed E-state index contributed by atoms with van der Waals surface area (Å²) in [5.41, 5.74) is -2.51. The molecule has 2 aliphatic rings. The minimum Gasteiger partial charge on any atom is -0.468 e. The van der Waals surface area contributed by atoms with Crippen LogP contribution in [-0.4, -0.2) is 36.2 Å². The van der Waals surface area contributed by atoms with Crippen LogP contribution in [0.25, 0.3) is 0 Å². The van der Waals surface area contributed by atoms with Gasteiger partial charge >= 0.3 is 12.1 Å². The lowest BCUT2D eigenvalue weighted by atomic mass is 9.65. The molecule has 0 aromatic heterocycles. The molecule has 0 N–H and O–H groups in total. The average Bonchev–Trinajstić information content (AvgIpc) is 2.89. The first-order valence-corrected chi connectivity index (χ1v) is 10.2. The molecule has 3 rings (SSSR count). The fourth-order valence-corrected chi connectivity index (χ4v) is 4.35. The zero-order valence-electron chi connectivity index (χ0n) is 18.3. The number of Topliss-reactive ketones (excluding diaryl/α,β-unsaturated/α-hetero) is 1. The number of ether oxygens (including phenoxy) is 3. The minimum absolute atomic E-state index is 0.0470. The van der Waals surface area contributed by atoms with E-state index < -0.39 is 40.4 Å². The zero-order chi connectivity index (χ0) is 22.9. The van der Waals surface area contributed by atoms with Crippen molar-refractivity contribution in [3.8, 4) is 0 Å². The highest BCUT2D eigenvalue weighted by Crippen LogP contribution is 2.49. The van der Waals surface area contributed by atoms with Gasteiger partial charge in [-0.05, 0) is 38.8 Å². The maximum Gasteiger partial charge on any atom is 0.510 e. The van der Waals surface area contributed by atoms with Crippen molar-refractivity contribution >= 4 is 17.9 Å². The Kier molecular flexibility index (Phi) is 5.94. The van der Waals surface area contributed by atoms with Crippen molar-refractivity contribution in [2.24, 2.45) is 5.92 Å². The Morgan fingerprint density at radius 3 is 2.39 bits per heavy atom. The number of rotatable bonds is 3. The molecule has 1 fully saturated rings. The van der Waals surface area contributed by atoms with Crippen LogP contribution in [0.5, 0.6) is 0 Å². The molecule has 0 spiro atoms. The summed E-state index contributed by atoms with van der Waals surface area (Å²) in [6, 6.07) is 9.04. The van der Waals surface area contributed by atoms with Gasteiger partial charge in [0.2, 0.25) is 0 Å². The van der Waals surface area contributed by atoms with Crippen molar-refractivity contribution in [1.29, 1.82) is 0 Å². The number of hydrogen-bond acceptors (Lipinski definition) is 6. The highest BCUT2D eigenvalue weighted by Gasteiger charge is 2.59. The summed E-state index contributed by atoms with van der Waals surface area (Å²) in [6.07, 6.45) is 5.82. The molecule has 0 unspecified atom stereocenters. The molecule has 0 aliphatic heterocycles. The molecule has 0 saturated heterocycles. The van der Waals surface area contributed by atoms with Crippen LogP contribution in [0, 0.1) is 5.92 Å². The molecule has 2 bridgehead atoms. The number of methoxy groups -OCH3 is 1. The van der Waals surface area contributed by atoms with E-state index in [0.717, 1.165) is 0 Å². The van der Waals surface area contributed by atoms with Crippen molar-refractivity contribution in [2.45, 2.75) is 50.2 Å². The predicted octanol–water partition coefficient (Wildman–Crippen LogP) is 4.45. The Morgan fingerprint density at radius 2 is 1.77 bits per heavy atom. The lowest BCUT2D eigenvalue weighted by Gasteiger charge is -2.36. The summed E-state index contributed by atoms with van der Waals surface area (Å²) < 4.78 is 16.2. The van der Waals surface area contributed by atoms with E-state index in [9.17, 15) is 14.4 Å². The van der Waals surface area contributed by atoms with E-state index in [2.05, 4.69) is 6.58 Å². The second-order valence-electron chi connectivity index (χ2n) is 8.97. The second kappa shape index (κ2) is 8.17. The molecule has 31 heavy (non-hydrogen) atoms. The van der Waals surface area contributed by atoms with Crippen LogP contribution in [0.4, 0.5) is 4.79 Å². The van der Waals surface area contributed by atoms with Crippen molar-refractivity contribution in [3.05, 3.63) is 72.4 Å². The standard InChI is InChI=1S/C25H28O6/c1-17-15-24(31-22(28)30-23(2,3)4)14-10-9-13-19(20(24)26)25(16-17,21(27)29-5)18-11-7-6-8-12-18/h6-14,19H,1,15-16H2,2-5H3/t19-,24-,25-/m0/s1. The van der Waals surface area contributed by atoms with Crippen LogP contribution < -0.4 is 0 Å². The minimum atomic E-state index is -1.63. The number of benzene rings is 1. The van der Waals surface area contributed by atoms with Crippen LogP contribution in [0.2, 0.25) is 0 Å². The average molecular weight is 424 g/mol. The molecule has 2 aliphatic carbocycles. The molecular weight excluding hydrogens is 396 g/mol. The first-order valence-electron chi connectivity index (χ1n) is 10.2. The molecule has 1 saturated carbocycles. The zero-order valence-corrected chi connectivity index (χ0v) is 18.3. The van der Waals surface area contributed by atoms with E-state index in [1.165, 1.54) is 7.11 Å². The lowest BCUT2D eigenvalue weighted by Crippen LogP contribution is -2.51. The molecule has 3 atom stereocenters. The quantitative estimate of drug-likeness (QED) is 0.527. The fraction of sp³-hybridized carbons (Fsp3) is 0.400. The fourth-order valence-electron chi connectivity index (χ4n) is 4.35. The number of ketones is 1. The number of allylic oxidation sites excluding steroid dienone is 3. The molecule has 0 radical (unpaired) electrons. The van der Waals surface area contributed by atoms with E-state index in [1.807, 2.05) is 6.07 Å². The predicted molar refractivity (Wildman–Crippen MR) is 115 cm³/mol. The largest absolute Gasteiger partial charge is 0.510 e. The van der Waals surface area contributed by atoms with Crippen molar-refractivity contribution in [1.82, 2.24) is 0 Å². The lowest BCUT2D eigenvalue weighted by molar-refractivity contribution is -0.154. The molecule has 0 heterocycles. The normalized spacial score (nSPS) is 27.8. The molecule has 164 valence electrons. The van der Waals surface area contributed by atoms with E-state index >= 15 is 0 Å². The highest BCUT2D eigenvalue weighted by atomic mass is 16.7. The SMILES string of the molecule is C=C1C[C@](C(=O)OC)(c2ccccc2)[C@H]2C=CC=C[C@](OC(=O)OC(C)(C)C)(C1)C2=O. The molecular formula is C25H28O6. The van der Waals surface area contributed by atoms with Gasteiger partial charge in [-0.25, -0.2) is 4.79 Å². The van der Waals surface area contributed by atoms with Crippen LogP contribution in [0.15, 0.2) is 66.8 Å². The summed E-state index contributed by atoms with van der Waals surface area (Å²) in [5.74, 6) is -1.90. The number of hydrogen-bond donors (Lipinski definition) is 0. The van der Waals surface area contributed by atoms with E-state index in [1.54, 1.807) is 69.3 Å². The molecule has 1 aromatic rings. The van der Waals surface area contributed by atoms with Gasteiger partial charge in [0.1, 0.15) is 11.0 Å². The highest BCUT2D eigenvalue weighted by molar-refractivity contribution is 6.02. The van der Waals surface area contributed by atoms with Gasteiger partial charge in [0.05, 0.1) is 13.0 Å². The third-order valence-electron chi connectivity index (χ3n) is 5.55. The third-order valence-corrected chi connectivity index (χ3v) is 5.55. The summed E-state index contributed by atoms with van der Waals surface area (Å²) in [5, 5.41) is 0. The van der Waals surface area contributed by atoms with E-state index in [-0.39, 0.29) is 12.8 Å². The van der Waals surface area contributed by atoms with Crippen molar-refractivity contribution in [3.63, 3.8) is 0 Å². The van der Waals surface area contributed by atoms with Crippen molar-refractivity contribution in [2.75, 3.05) is 7.11 Å². The summed E-state index contributed by atoms with van der Waals surface area (Å²) in [7, 11) is 1.30. The summed E-state index contributed by atoms with van der Waals surface area (Å²) in [6.45, 7) is 9.25. The van der Waals surface area contributed by atoms with Crippen LogP contribution in [0.1, 0.15) is 39.2 Å². The smallest absolute Gasteiger partial charge is 0.468 e. The van der Waals surface area contributed by atoms with E-state index in [0.29, 0.717) is 11.1 Å². The number of fused-ring (bicyclic) bond motifs is 2. The Bertz CT molecular complexity index is 952. The summed E-state index contributed by atoms with van der Waals surface area (Å²) in [4.78, 5) is 39.7. The van der Waals surface area contributed by atoms with Crippen LogP contribution in [-0.2, 0) is 29.2 Å². The van der Waals surface area contributed by atoms with Gasteiger partial charge in [-0.2, -0.15) is 0 Å². The van der Waals surface area contributed by atoms with Gasteiger partial charge in [0.15, 0.2) is 11.4 Å². The Balaban J connectivity index is 2.15. The first kappa shape index (κ1) is 22.5.